The molecule has 2 aliphatic rings. The molecular weight excluding hydrogens is 408 g/mol. The minimum absolute atomic E-state index is 0.0535. The molecule has 170 valence electrons. The van der Waals surface area contributed by atoms with Gasteiger partial charge in [-0.05, 0) is 43.9 Å². The van der Waals surface area contributed by atoms with Gasteiger partial charge in [-0.1, -0.05) is 18.6 Å². The van der Waals surface area contributed by atoms with Gasteiger partial charge in [-0.15, -0.1) is 0 Å². The molecular formula is C24H30N4O4. The van der Waals surface area contributed by atoms with E-state index in [1.54, 1.807) is 24.5 Å². The predicted octanol–water partition coefficient (Wildman–Crippen LogP) is 2.71. The number of amides is 2. The van der Waals surface area contributed by atoms with Gasteiger partial charge in [0.1, 0.15) is 5.75 Å². The Bertz CT molecular complexity index is 913. The highest BCUT2D eigenvalue weighted by Gasteiger charge is 2.37. The summed E-state index contributed by atoms with van der Waals surface area (Å²) in [6.07, 6.45) is 7.84. The molecule has 0 unspecified atom stereocenters. The van der Waals surface area contributed by atoms with Gasteiger partial charge in [-0.2, -0.15) is 0 Å². The average molecular weight is 439 g/mol. The fourth-order valence-corrected chi connectivity index (χ4v) is 4.35. The van der Waals surface area contributed by atoms with Crippen LogP contribution in [0.3, 0.4) is 0 Å². The molecule has 32 heavy (non-hydrogen) atoms. The number of rotatable bonds is 1. The maximum atomic E-state index is 12.8. The number of carbonyl (C=O) groups excluding carboxylic acids is 2. The van der Waals surface area contributed by atoms with Crippen molar-refractivity contribution in [2.75, 3.05) is 39.5 Å². The van der Waals surface area contributed by atoms with Crippen molar-refractivity contribution >= 4 is 11.8 Å². The van der Waals surface area contributed by atoms with Gasteiger partial charge < -0.3 is 19.7 Å². The van der Waals surface area contributed by atoms with Crippen LogP contribution in [0, 0.1) is 5.41 Å². The maximum absolute atomic E-state index is 12.8. The zero-order valence-electron chi connectivity index (χ0n) is 18.3. The van der Waals surface area contributed by atoms with Crippen molar-refractivity contribution in [1.29, 1.82) is 0 Å². The van der Waals surface area contributed by atoms with Gasteiger partial charge in [0.25, 0.3) is 11.8 Å². The molecule has 0 bridgehead atoms. The van der Waals surface area contributed by atoms with Crippen LogP contribution in [0.2, 0.25) is 0 Å². The number of ether oxygens (including phenoxy) is 2. The number of carbonyl (C=O) groups is 2. The number of hydrogen-bond donors (Lipinski definition) is 1. The SMILES string of the molecule is O=C1NCCOCCCCC2(CCN(C(=O)c3ncccn3)CC2)COc2ccccc21. The highest BCUT2D eigenvalue weighted by atomic mass is 16.5. The fourth-order valence-electron chi connectivity index (χ4n) is 4.35. The van der Waals surface area contributed by atoms with Crippen LogP contribution in [-0.2, 0) is 4.74 Å². The van der Waals surface area contributed by atoms with Gasteiger partial charge in [0.05, 0.1) is 18.8 Å². The monoisotopic (exact) mass is 438 g/mol. The van der Waals surface area contributed by atoms with E-state index in [9.17, 15) is 9.59 Å². The summed E-state index contributed by atoms with van der Waals surface area (Å²) in [4.78, 5) is 35.4. The topological polar surface area (TPSA) is 93.7 Å². The predicted molar refractivity (Wildman–Crippen MR) is 119 cm³/mol. The normalized spacial score (nSPS) is 19.9. The molecule has 1 spiro atoms. The summed E-state index contributed by atoms with van der Waals surface area (Å²) >= 11 is 0. The Labute approximate surface area is 188 Å². The Morgan fingerprint density at radius 1 is 1.00 bits per heavy atom. The third-order valence-corrected chi connectivity index (χ3v) is 6.31. The summed E-state index contributed by atoms with van der Waals surface area (Å²) in [6, 6.07) is 9.05. The number of aromatic nitrogens is 2. The van der Waals surface area contributed by atoms with Crippen molar-refractivity contribution in [2.24, 2.45) is 5.41 Å². The van der Waals surface area contributed by atoms with E-state index in [1.165, 1.54) is 0 Å². The zero-order chi connectivity index (χ0) is 22.2. The number of likely N-dealkylation sites (tertiary alicyclic amines) is 1. The molecule has 2 aliphatic heterocycles. The van der Waals surface area contributed by atoms with Crippen LogP contribution < -0.4 is 10.1 Å². The summed E-state index contributed by atoms with van der Waals surface area (Å²) in [7, 11) is 0. The first-order valence-corrected chi connectivity index (χ1v) is 11.3. The molecule has 0 atom stereocenters. The van der Waals surface area contributed by atoms with Crippen molar-refractivity contribution in [3.8, 4) is 5.75 Å². The number of benzene rings is 1. The Morgan fingerprint density at radius 3 is 2.59 bits per heavy atom. The molecule has 1 aromatic heterocycles. The van der Waals surface area contributed by atoms with E-state index < -0.39 is 0 Å². The molecule has 0 radical (unpaired) electrons. The van der Waals surface area contributed by atoms with Crippen LogP contribution in [0.4, 0.5) is 0 Å². The third kappa shape index (κ3) is 5.43. The Balaban J connectivity index is 1.47. The lowest BCUT2D eigenvalue weighted by atomic mass is 9.75. The number of fused-ring (bicyclic) bond motifs is 1. The summed E-state index contributed by atoms with van der Waals surface area (Å²) in [6.45, 7) is 3.45. The summed E-state index contributed by atoms with van der Waals surface area (Å²) in [5, 5.41) is 2.90. The van der Waals surface area contributed by atoms with E-state index in [4.69, 9.17) is 9.47 Å². The van der Waals surface area contributed by atoms with Gasteiger partial charge in [0, 0.05) is 44.0 Å². The molecule has 4 rings (SSSR count). The molecule has 3 heterocycles. The molecule has 8 nitrogen and oxygen atoms in total. The Morgan fingerprint density at radius 2 is 1.78 bits per heavy atom. The summed E-state index contributed by atoms with van der Waals surface area (Å²) in [5.41, 5.74) is 0.482. The standard InChI is InChI=1S/C24H30N4O4/c29-22-19-6-1-2-7-20(19)32-18-24(8-3-4-16-31-17-13-27-22)9-14-28(15-10-24)23(30)21-25-11-5-12-26-21/h1-2,5-7,11-12H,3-4,8-10,13-18H2,(H,27,29). The first kappa shape index (κ1) is 22.2. The molecule has 0 aliphatic carbocycles. The van der Waals surface area contributed by atoms with Gasteiger partial charge in [-0.3, -0.25) is 9.59 Å². The van der Waals surface area contributed by atoms with Gasteiger partial charge in [-0.25, -0.2) is 9.97 Å². The number of nitrogens with zero attached hydrogens (tertiary/aromatic N) is 3. The average Bonchev–Trinajstić information content (AvgIpc) is 2.84. The first-order valence-electron chi connectivity index (χ1n) is 11.3. The zero-order valence-corrected chi connectivity index (χ0v) is 18.3. The van der Waals surface area contributed by atoms with Crippen LogP contribution in [0.1, 0.15) is 53.1 Å². The second-order valence-corrected chi connectivity index (χ2v) is 8.47. The largest absolute Gasteiger partial charge is 0.492 e. The molecule has 1 saturated heterocycles. The first-order chi connectivity index (χ1) is 15.7. The molecule has 2 amide bonds. The van der Waals surface area contributed by atoms with Gasteiger partial charge in [0.2, 0.25) is 5.82 Å². The van der Waals surface area contributed by atoms with E-state index in [0.29, 0.717) is 50.8 Å². The lowest BCUT2D eigenvalue weighted by Gasteiger charge is -2.41. The number of nitrogens with one attached hydrogen (secondary N) is 1. The van der Waals surface area contributed by atoms with Crippen LogP contribution in [0.15, 0.2) is 42.7 Å². The molecule has 1 aromatic carbocycles. The van der Waals surface area contributed by atoms with Crippen molar-refractivity contribution in [2.45, 2.75) is 32.1 Å². The number of hydrogen-bond acceptors (Lipinski definition) is 6. The quantitative estimate of drug-likeness (QED) is 0.736. The molecule has 1 fully saturated rings. The third-order valence-electron chi connectivity index (χ3n) is 6.31. The van der Waals surface area contributed by atoms with Crippen LogP contribution in [0.25, 0.3) is 0 Å². The number of piperidine rings is 1. The second kappa shape index (κ2) is 10.5. The van der Waals surface area contributed by atoms with E-state index in [0.717, 1.165) is 32.1 Å². The summed E-state index contributed by atoms with van der Waals surface area (Å²) < 4.78 is 11.9. The van der Waals surface area contributed by atoms with E-state index in [2.05, 4.69) is 15.3 Å². The lowest BCUT2D eigenvalue weighted by Crippen LogP contribution is -2.46. The fraction of sp³-hybridized carbons (Fsp3) is 0.500. The Hall–Kier alpha value is -3.00. The molecule has 0 saturated carbocycles. The van der Waals surface area contributed by atoms with E-state index in [1.807, 2.05) is 23.1 Å². The smallest absolute Gasteiger partial charge is 0.291 e. The van der Waals surface area contributed by atoms with E-state index in [-0.39, 0.29) is 23.1 Å². The van der Waals surface area contributed by atoms with Crippen molar-refractivity contribution in [1.82, 2.24) is 20.2 Å². The van der Waals surface area contributed by atoms with Gasteiger partial charge in [0.15, 0.2) is 0 Å². The van der Waals surface area contributed by atoms with Crippen molar-refractivity contribution in [3.63, 3.8) is 0 Å². The number of para-hydroxylation sites is 1. The molecule has 1 N–H and O–H groups in total. The van der Waals surface area contributed by atoms with Crippen molar-refractivity contribution in [3.05, 3.63) is 54.1 Å². The minimum atomic E-state index is -0.154. The van der Waals surface area contributed by atoms with Crippen molar-refractivity contribution < 1.29 is 19.1 Å². The van der Waals surface area contributed by atoms with Crippen LogP contribution >= 0.6 is 0 Å². The van der Waals surface area contributed by atoms with Crippen LogP contribution in [0.5, 0.6) is 5.75 Å². The van der Waals surface area contributed by atoms with E-state index >= 15 is 0 Å². The molecule has 2 aromatic rings. The molecule has 8 heteroatoms. The highest BCUT2D eigenvalue weighted by molar-refractivity contribution is 5.96. The Kier molecular flexibility index (Phi) is 7.32. The minimum Gasteiger partial charge on any atom is -0.492 e. The second-order valence-electron chi connectivity index (χ2n) is 8.47. The van der Waals surface area contributed by atoms with Gasteiger partial charge >= 0.3 is 0 Å². The van der Waals surface area contributed by atoms with Crippen LogP contribution in [-0.4, -0.2) is 66.1 Å². The maximum Gasteiger partial charge on any atom is 0.291 e. The highest BCUT2D eigenvalue weighted by Crippen LogP contribution is 2.38. The lowest BCUT2D eigenvalue weighted by molar-refractivity contribution is 0.0334. The summed E-state index contributed by atoms with van der Waals surface area (Å²) in [5.74, 6) is 0.553.